The van der Waals surface area contributed by atoms with E-state index in [0.29, 0.717) is 35.7 Å². The molecule has 0 aliphatic carbocycles. The average Bonchev–Trinajstić information content (AvgIpc) is 3.03. The van der Waals surface area contributed by atoms with Crippen LogP contribution in [0.1, 0.15) is 22.2 Å². The third-order valence-corrected chi connectivity index (χ3v) is 3.79. The van der Waals surface area contributed by atoms with Gasteiger partial charge in [0, 0.05) is 36.6 Å². The first kappa shape index (κ1) is 15.8. The van der Waals surface area contributed by atoms with E-state index in [2.05, 4.69) is 16.6 Å². The lowest BCUT2D eigenvalue weighted by Crippen LogP contribution is -2.32. The van der Waals surface area contributed by atoms with Crippen molar-refractivity contribution < 1.29 is 14.3 Å². The summed E-state index contributed by atoms with van der Waals surface area (Å²) in [5.41, 5.74) is 2.27. The van der Waals surface area contributed by atoms with Gasteiger partial charge in [-0.05, 0) is 13.0 Å². The second-order valence-corrected chi connectivity index (χ2v) is 5.48. The molecule has 24 heavy (non-hydrogen) atoms. The highest BCUT2D eigenvalue weighted by Crippen LogP contribution is 2.35. The Kier molecular flexibility index (Phi) is 4.07. The average molecular weight is 326 g/mol. The molecule has 0 bridgehead atoms. The monoisotopic (exact) mass is 326 g/mol. The number of anilines is 2. The molecule has 0 atom stereocenters. The number of hydrogen-bond acceptors (Lipinski definition) is 5. The molecule has 124 valence electrons. The van der Waals surface area contributed by atoms with Crippen molar-refractivity contribution in [2.24, 2.45) is 4.99 Å². The Hall–Kier alpha value is -3.09. The molecular weight excluding hydrogens is 308 g/mol. The molecule has 1 aliphatic rings. The second-order valence-electron chi connectivity index (χ2n) is 5.48. The number of ether oxygens (including phenoxy) is 1. The van der Waals surface area contributed by atoms with Crippen LogP contribution in [0, 0.1) is 0 Å². The predicted molar refractivity (Wildman–Crippen MR) is 90.0 cm³/mol. The van der Waals surface area contributed by atoms with Gasteiger partial charge in [-0.1, -0.05) is 6.58 Å². The van der Waals surface area contributed by atoms with Crippen molar-refractivity contribution in [3.63, 3.8) is 0 Å². The van der Waals surface area contributed by atoms with Crippen LogP contribution in [0.25, 0.3) is 0 Å². The van der Waals surface area contributed by atoms with Crippen LogP contribution in [-0.2, 0) is 0 Å². The lowest BCUT2D eigenvalue weighted by molar-refractivity contribution is 0.0950. The molecule has 1 aliphatic heterocycles. The number of H-pyrrole nitrogens is 1. The van der Waals surface area contributed by atoms with Crippen LogP contribution >= 0.6 is 0 Å². The second kappa shape index (κ2) is 6.19. The molecule has 0 saturated heterocycles. The van der Waals surface area contributed by atoms with Gasteiger partial charge in [0.25, 0.3) is 5.91 Å². The molecule has 0 aromatic carbocycles. The van der Waals surface area contributed by atoms with Crippen LogP contribution < -0.4 is 15.1 Å². The standard InChI is InChI=1S/C17H18N4O3/c1-11(2)17(23)21-5-4-13(9-15(21)18-3)20-6-7-24-14-8-12(10-22)19-16(14)20/h4-5,8-10,19H,1,6-7H2,2-3H3/b18-15-. The summed E-state index contributed by atoms with van der Waals surface area (Å²) >= 11 is 0. The molecule has 0 spiro atoms. The normalized spacial score (nSPS) is 14.1. The number of nitrogens with one attached hydrogen (secondary N) is 1. The quantitative estimate of drug-likeness (QED) is 0.690. The molecule has 7 heteroatoms. The molecule has 0 unspecified atom stereocenters. The number of nitrogens with zero attached hydrogens (tertiary/aromatic N) is 3. The third-order valence-electron chi connectivity index (χ3n) is 3.79. The molecule has 3 rings (SSSR count). The Morgan fingerprint density at radius 3 is 2.92 bits per heavy atom. The highest BCUT2D eigenvalue weighted by atomic mass is 16.5. The Labute approximate surface area is 138 Å². The van der Waals surface area contributed by atoms with Crippen molar-refractivity contribution in [3.05, 3.63) is 47.7 Å². The summed E-state index contributed by atoms with van der Waals surface area (Å²) in [6.45, 7) is 6.47. The van der Waals surface area contributed by atoms with Gasteiger partial charge in [0.1, 0.15) is 12.1 Å². The van der Waals surface area contributed by atoms with Gasteiger partial charge >= 0.3 is 0 Å². The summed E-state index contributed by atoms with van der Waals surface area (Å²) in [5.74, 6) is 1.15. The molecule has 0 fully saturated rings. The van der Waals surface area contributed by atoms with E-state index in [1.165, 1.54) is 4.57 Å². The number of aromatic amines is 1. The van der Waals surface area contributed by atoms with Gasteiger partial charge in [-0.15, -0.1) is 0 Å². The predicted octanol–water partition coefficient (Wildman–Crippen LogP) is 1.91. The van der Waals surface area contributed by atoms with Gasteiger partial charge in [-0.2, -0.15) is 0 Å². The smallest absolute Gasteiger partial charge is 0.258 e. The number of carbonyl (C=O) groups excluding carboxylic acids is 2. The Morgan fingerprint density at radius 2 is 2.25 bits per heavy atom. The van der Waals surface area contributed by atoms with Crippen molar-refractivity contribution >= 4 is 23.7 Å². The first-order chi connectivity index (χ1) is 11.5. The molecular formula is C17H18N4O3. The molecule has 1 N–H and O–H groups in total. The van der Waals surface area contributed by atoms with E-state index in [1.807, 2.05) is 17.0 Å². The minimum absolute atomic E-state index is 0.201. The topological polar surface area (TPSA) is 79.7 Å². The Bertz CT molecular complexity index is 891. The molecule has 2 aromatic rings. The zero-order valence-corrected chi connectivity index (χ0v) is 13.6. The summed E-state index contributed by atoms with van der Waals surface area (Å²) in [4.78, 5) is 32.4. The van der Waals surface area contributed by atoms with Gasteiger partial charge < -0.3 is 14.6 Å². The molecule has 0 radical (unpaired) electrons. The van der Waals surface area contributed by atoms with Crippen LogP contribution in [0.3, 0.4) is 0 Å². The fraction of sp³-hybridized carbons (Fsp3) is 0.235. The van der Waals surface area contributed by atoms with E-state index in [-0.39, 0.29) is 5.91 Å². The number of pyridine rings is 1. The number of aromatic nitrogens is 2. The fourth-order valence-corrected chi connectivity index (χ4v) is 2.63. The highest BCUT2D eigenvalue weighted by Gasteiger charge is 2.23. The van der Waals surface area contributed by atoms with Crippen molar-refractivity contribution in [2.45, 2.75) is 6.92 Å². The van der Waals surface area contributed by atoms with E-state index in [9.17, 15) is 9.59 Å². The summed E-state index contributed by atoms with van der Waals surface area (Å²) in [6, 6.07) is 5.32. The van der Waals surface area contributed by atoms with Gasteiger partial charge in [-0.3, -0.25) is 19.1 Å². The van der Waals surface area contributed by atoms with Gasteiger partial charge in [0.15, 0.2) is 17.9 Å². The third kappa shape index (κ3) is 2.64. The minimum atomic E-state index is -0.201. The lowest BCUT2D eigenvalue weighted by atomic mass is 10.2. The van der Waals surface area contributed by atoms with Crippen LogP contribution in [-0.4, -0.2) is 41.9 Å². The van der Waals surface area contributed by atoms with E-state index in [0.717, 1.165) is 17.8 Å². The van der Waals surface area contributed by atoms with Crippen LogP contribution in [0.4, 0.5) is 11.5 Å². The largest absolute Gasteiger partial charge is 0.488 e. The molecule has 7 nitrogen and oxygen atoms in total. The zero-order valence-electron chi connectivity index (χ0n) is 13.6. The molecule has 0 amide bonds. The Morgan fingerprint density at radius 1 is 1.46 bits per heavy atom. The van der Waals surface area contributed by atoms with E-state index >= 15 is 0 Å². The summed E-state index contributed by atoms with van der Waals surface area (Å²) in [6.07, 6.45) is 2.42. The number of fused-ring (bicyclic) bond motifs is 1. The first-order valence-corrected chi connectivity index (χ1v) is 7.49. The lowest BCUT2D eigenvalue weighted by Gasteiger charge is -2.28. The summed E-state index contributed by atoms with van der Waals surface area (Å²) in [7, 11) is 1.63. The van der Waals surface area contributed by atoms with E-state index in [1.54, 1.807) is 26.2 Å². The van der Waals surface area contributed by atoms with Gasteiger partial charge in [0.05, 0.1) is 12.2 Å². The number of aldehydes is 1. The molecule has 2 aromatic heterocycles. The number of carbonyl (C=O) groups is 2. The van der Waals surface area contributed by atoms with Gasteiger partial charge in [-0.25, -0.2) is 0 Å². The number of allylic oxidation sites excluding steroid dienone is 1. The fourth-order valence-electron chi connectivity index (χ4n) is 2.63. The zero-order chi connectivity index (χ0) is 17.3. The maximum atomic E-state index is 12.2. The summed E-state index contributed by atoms with van der Waals surface area (Å²) in [5, 5.41) is 0. The maximum absolute atomic E-state index is 12.2. The van der Waals surface area contributed by atoms with E-state index < -0.39 is 0 Å². The number of rotatable bonds is 3. The van der Waals surface area contributed by atoms with Crippen LogP contribution in [0.15, 0.2) is 41.5 Å². The van der Waals surface area contributed by atoms with Crippen molar-refractivity contribution in [3.8, 4) is 5.75 Å². The van der Waals surface area contributed by atoms with Crippen molar-refractivity contribution in [1.82, 2.24) is 9.55 Å². The first-order valence-electron chi connectivity index (χ1n) is 7.49. The van der Waals surface area contributed by atoms with Crippen LogP contribution in [0.2, 0.25) is 0 Å². The number of hydrogen-bond donors (Lipinski definition) is 1. The maximum Gasteiger partial charge on any atom is 0.258 e. The highest BCUT2D eigenvalue weighted by molar-refractivity contribution is 5.94. The Balaban J connectivity index is 2.06. The van der Waals surface area contributed by atoms with Crippen LogP contribution in [0.5, 0.6) is 5.75 Å². The SMILES string of the molecule is C=C(C)C(=O)n1ccc(N2CCOc3cc(C=O)[nH]c32)c/c1=N/C. The molecule has 0 saturated carbocycles. The minimum Gasteiger partial charge on any atom is -0.488 e. The molecule has 3 heterocycles. The van der Waals surface area contributed by atoms with Crippen molar-refractivity contribution in [2.75, 3.05) is 25.1 Å². The van der Waals surface area contributed by atoms with Gasteiger partial charge in [0.2, 0.25) is 0 Å². The summed E-state index contributed by atoms with van der Waals surface area (Å²) < 4.78 is 7.04. The van der Waals surface area contributed by atoms with E-state index in [4.69, 9.17) is 4.74 Å². The van der Waals surface area contributed by atoms with Crippen molar-refractivity contribution in [1.29, 1.82) is 0 Å².